The van der Waals surface area contributed by atoms with Crippen molar-refractivity contribution in [2.24, 2.45) is 0 Å². The fourth-order valence-electron chi connectivity index (χ4n) is 4.16. The van der Waals surface area contributed by atoms with E-state index in [0.29, 0.717) is 12.1 Å². The van der Waals surface area contributed by atoms with Crippen molar-refractivity contribution in [2.45, 2.75) is 57.6 Å². The van der Waals surface area contributed by atoms with Crippen molar-refractivity contribution in [2.75, 3.05) is 10.8 Å². The van der Waals surface area contributed by atoms with Crippen molar-refractivity contribution in [1.29, 1.82) is 0 Å². The maximum Gasteiger partial charge on any atom is 0.264 e. The van der Waals surface area contributed by atoms with E-state index in [2.05, 4.69) is 27.9 Å². The number of carbonyl (C=O) groups excluding carboxylic acids is 2. The molecular formula is C29H34IN3O4S. The smallest absolute Gasteiger partial charge is 0.264 e. The van der Waals surface area contributed by atoms with Crippen LogP contribution < -0.4 is 9.62 Å². The summed E-state index contributed by atoms with van der Waals surface area (Å²) in [5.74, 6) is -0.731. The second kappa shape index (κ2) is 13.2. The van der Waals surface area contributed by atoms with E-state index in [1.54, 1.807) is 42.5 Å². The minimum absolute atomic E-state index is 0.0844. The largest absolute Gasteiger partial charge is 0.352 e. The van der Waals surface area contributed by atoms with Gasteiger partial charge in [-0.1, -0.05) is 55.0 Å². The molecule has 1 N–H and O–H groups in total. The standard InChI is InChI=1S/C29H34IN3O4S/c1-5-27(29(35)31-21(2)3)32(19-23-11-9-10-22(4)18-23)28(34)20-33(25-16-14-24(30)15-17-25)38(36,37)26-12-7-6-8-13-26/h6-18,21,27H,5,19-20H2,1-4H3,(H,31,35)/t27-/m0/s1. The molecule has 0 aliphatic heterocycles. The van der Waals surface area contributed by atoms with Crippen LogP contribution in [0.1, 0.15) is 38.3 Å². The number of nitrogens with zero attached hydrogens (tertiary/aromatic N) is 2. The van der Waals surface area contributed by atoms with E-state index in [4.69, 9.17) is 0 Å². The molecule has 0 heterocycles. The molecule has 0 saturated heterocycles. The lowest BCUT2D eigenvalue weighted by atomic mass is 10.1. The van der Waals surface area contributed by atoms with Crippen LogP contribution in [0, 0.1) is 10.5 Å². The van der Waals surface area contributed by atoms with E-state index in [0.717, 1.165) is 19.0 Å². The maximum atomic E-state index is 14.0. The molecule has 0 bridgehead atoms. The summed E-state index contributed by atoms with van der Waals surface area (Å²) in [6, 6.07) is 21.9. The molecule has 2 amide bonds. The lowest BCUT2D eigenvalue weighted by Crippen LogP contribution is -2.53. The molecule has 3 aromatic carbocycles. The molecule has 202 valence electrons. The number of anilines is 1. The number of nitrogens with one attached hydrogen (secondary N) is 1. The Balaban J connectivity index is 2.05. The minimum atomic E-state index is -4.06. The van der Waals surface area contributed by atoms with Crippen LogP contribution in [-0.4, -0.2) is 43.8 Å². The minimum Gasteiger partial charge on any atom is -0.352 e. The Labute approximate surface area is 239 Å². The zero-order chi connectivity index (χ0) is 27.9. The van der Waals surface area contributed by atoms with Gasteiger partial charge in [-0.3, -0.25) is 13.9 Å². The topological polar surface area (TPSA) is 86.8 Å². The highest BCUT2D eigenvalue weighted by molar-refractivity contribution is 14.1. The predicted octanol–water partition coefficient (Wildman–Crippen LogP) is 5.13. The molecular weight excluding hydrogens is 613 g/mol. The molecule has 0 radical (unpaired) electrons. The van der Waals surface area contributed by atoms with E-state index < -0.39 is 28.5 Å². The van der Waals surface area contributed by atoms with Gasteiger partial charge in [0, 0.05) is 16.2 Å². The first-order valence-corrected chi connectivity index (χ1v) is 15.0. The quantitative estimate of drug-likeness (QED) is 0.293. The number of hydrogen-bond acceptors (Lipinski definition) is 4. The Morgan fingerprint density at radius 3 is 2.18 bits per heavy atom. The van der Waals surface area contributed by atoms with Gasteiger partial charge in [-0.05, 0) is 91.7 Å². The molecule has 0 aliphatic carbocycles. The lowest BCUT2D eigenvalue weighted by molar-refractivity contribution is -0.140. The summed E-state index contributed by atoms with van der Waals surface area (Å²) in [6.07, 6.45) is 0.380. The highest BCUT2D eigenvalue weighted by atomic mass is 127. The fraction of sp³-hybridized carbons (Fsp3) is 0.310. The van der Waals surface area contributed by atoms with Gasteiger partial charge < -0.3 is 10.2 Å². The molecule has 0 aromatic heterocycles. The number of carbonyl (C=O) groups is 2. The summed E-state index contributed by atoms with van der Waals surface area (Å²) in [4.78, 5) is 28.7. The van der Waals surface area contributed by atoms with Crippen molar-refractivity contribution in [3.05, 3.63) is 93.6 Å². The van der Waals surface area contributed by atoms with Crippen molar-refractivity contribution in [3.63, 3.8) is 0 Å². The maximum absolute atomic E-state index is 14.0. The van der Waals surface area contributed by atoms with Gasteiger partial charge in [0.05, 0.1) is 10.6 Å². The van der Waals surface area contributed by atoms with Crippen molar-refractivity contribution >= 4 is 50.1 Å². The number of halogens is 1. The number of benzene rings is 3. The average molecular weight is 648 g/mol. The number of sulfonamides is 1. The summed E-state index contributed by atoms with van der Waals surface area (Å²) >= 11 is 2.15. The Kier molecular flexibility index (Phi) is 10.3. The molecule has 1 atom stereocenters. The molecule has 3 aromatic rings. The van der Waals surface area contributed by atoms with Crippen molar-refractivity contribution in [3.8, 4) is 0 Å². The number of amides is 2. The molecule has 38 heavy (non-hydrogen) atoms. The van der Waals surface area contributed by atoms with E-state index in [9.17, 15) is 18.0 Å². The van der Waals surface area contributed by atoms with Crippen LogP contribution in [0.15, 0.2) is 83.8 Å². The van der Waals surface area contributed by atoms with Crippen LogP contribution in [0.5, 0.6) is 0 Å². The molecule has 9 heteroatoms. The van der Waals surface area contributed by atoms with Crippen LogP contribution in [0.25, 0.3) is 0 Å². The third-order valence-corrected chi connectivity index (χ3v) is 8.48. The number of hydrogen-bond donors (Lipinski definition) is 1. The van der Waals surface area contributed by atoms with Crippen molar-refractivity contribution < 1.29 is 18.0 Å². The van der Waals surface area contributed by atoms with E-state index in [-0.39, 0.29) is 23.4 Å². The zero-order valence-electron chi connectivity index (χ0n) is 22.1. The number of rotatable bonds is 11. The second-order valence-corrected chi connectivity index (χ2v) is 12.5. The summed E-state index contributed by atoms with van der Waals surface area (Å²) < 4.78 is 29.6. The zero-order valence-corrected chi connectivity index (χ0v) is 25.1. The first-order chi connectivity index (χ1) is 18.0. The van der Waals surface area contributed by atoms with Gasteiger partial charge in [-0.2, -0.15) is 0 Å². The Hall–Kier alpha value is -2.92. The molecule has 7 nitrogen and oxygen atoms in total. The van der Waals surface area contributed by atoms with E-state index in [1.165, 1.54) is 17.0 Å². The first kappa shape index (κ1) is 29.6. The predicted molar refractivity (Wildman–Crippen MR) is 159 cm³/mol. The summed E-state index contributed by atoms with van der Waals surface area (Å²) in [5.41, 5.74) is 2.26. The highest BCUT2D eigenvalue weighted by Crippen LogP contribution is 2.25. The van der Waals surface area contributed by atoms with Crippen LogP contribution in [0.2, 0.25) is 0 Å². The third-order valence-electron chi connectivity index (χ3n) is 5.98. The molecule has 0 fully saturated rings. The second-order valence-electron chi connectivity index (χ2n) is 9.40. The van der Waals surface area contributed by atoms with Gasteiger partial charge in [0.25, 0.3) is 10.0 Å². The SMILES string of the molecule is CC[C@@H](C(=O)NC(C)C)N(Cc1cccc(C)c1)C(=O)CN(c1ccc(I)cc1)S(=O)(=O)c1ccccc1. The third kappa shape index (κ3) is 7.57. The van der Waals surface area contributed by atoms with Gasteiger partial charge in [0.2, 0.25) is 11.8 Å². The molecule has 0 saturated carbocycles. The van der Waals surface area contributed by atoms with Crippen LogP contribution >= 0.6 is 22.6 Å². The van der Waals surface area contributed by atoms with Crippen LogP contribution in [0.4, 0.5) is 5.69 Å². The van der Waals surface area contributed by atoms with Crippen molar-refractivity contribution in [1.82, 2.24) is 10.2 Å². The Morgan fingerprint density at radius 1 is 0.947 bits per heavy atom. The normalized spacial score (nSPS) is 12.2. The van der Waals surface area contributed by atoms with Crippen LogP contribution in [-0.2, 0) is 26.2 Å². The molecule has 0 spiro atoms. The van der Waals surface area contributed by atoms with Gasteiger partial charge in [-0.15, -0.1) is 0 Å². The molecule has 3 rings (SSSR count). The number of aryl methyl sites for hydroxylation is 1. The molecule has 0 unspecified atom stereocenters. The van der Waals surface area contributed by atoms with Gasteiger partial charge in [0.1, 0.15) is 12.6 Å². The van der Waals surface area contributed by atoms with Crippen LogP contribution in [0.3, 0.4) is 0 Å². The lowest BCUT2D eigenvalue weighted by Gasteiger charge is -2.33. The summed E-state index contributed by atoms with van der Waals surface area (Å²) in [5, 5.41) is 2.91. The monoisotopic (exact) mass is 647 g/mol. The van der Waals surface area contributed by atoms with E-state index in [1.807, 2.05) is 52.0 Å². The Morgan fingerprint density at radius 2 is 1.61 bits per heavy atom. The summed E-state index contributed by atoms with van der Waals surface area (Å²) in [6.45, 7) is 7.26. The highest BCUT2D eigenvalue weighted by Gasteiger charge is 2.33. The van der Waals surface area contributed by atoms with E-state index >= 15 is 0 Å². The molecule has 0 aliphatic rings. The van der Waals surface area contributed by atoms with Gasteiger partial charge >= 0.3 is 0 Å². The van der Waals surface area contributed by atoms with Gasteiger partial charge in [0.15, 0.2) is 0 Å². The fourth-order valence-corrected chi connectivity index (χ4v) is 5.96. The average Bonchev–Trinajstić information content (AvgIpc) is 2.87. The first-order valence-electron chi connectivity index (χ1n) is 12.5. The summed E-state index contributed by atoms with van der Waals surface area (Å²) in [7, 11) is -4.06. The van der Waals surface area contributed by atoms with Gasteiger partial charge in [-0.25, -0.2) is 8.42 Å². The Bertz CT molecular complexity index is 1350.